The average molecular weight is 335 g/mol. The molecule has 0 bridgehead atoms. The fraction of sp³-hybridized carbons (Fsp3) is 0.118. The second kappa shape index (κ2) is 6.91. The van der Waals surface area contributed by atoms with Crippen LogP contribution >= 0.6 is 0 Å². The molecule has 0 saturated heterocycles. The van der Waals surface area contributed by atoms with Gasteiger partial charge < -0.3 is 5.11 Å². The van der Waals surface area contributed by atoms with Crippen LogP contribution in [0.5, 0.6) is 5.88 Å². The summed E-state index contributed by atoms with van der Waals surface area (Å²) in [5, 5.41) is 25.5. The van der Waals surface area contributed by atoms with E-state index in [1.165, 1.54) is 10.9 Å². The third-order valence-corrected chi connectivity index (χ3v) is 3.87. The molecule has 126 valence electrons. The van der Waals surface area contributed by atoms with Gasteiger partial charge in [0.25, 0.3) is 0 Å². The summed E-state index contributed by atoms with van der Waals surface area (Å²) in [6.07, 6.45) is 1.51. The van der Waals surface area contributed by atoms with E-state index < -0.39 is 0 Å². The molecular weight excluding hydrogens is 318 g/mol. The van der Waals surface area contributed by atoms with Gasteiger partial charge in [0.2, 0.25) is 5.88 Å². The molecule has 4 N–H and O–H groups in total. The SMILES string of the molecule is CC(c1ccccc1)c1cc(O)n(-c2cc(C(=N)NN=N)ccn2)n1. The molecule has 1 unspecified atom stereocenters. The number of amidine groups is 1. The summed E-state index contributed by atoms with van der Waals surface area (Å²) >= 11 is 0. The molecule has 1 atom stereocenters. The van der Waals surface area contributed by atoms with Gasteiger partial charge in [-0.2, -0.15) is 15.3 Å². The van der Waals surface area contributed by atoms with Crippen molar-refractivity contribution in [1.82, 2.24) is 20.2 Å². The van der Waals surface area contributed by atoms with Crippen molar-refractivity contribution in [3.8, 4) is 11.7 Å². The highest BCUT2D eigenvalue weighted by Gasteiger charge is 2.16. The third-order valence-electron chi connectivity index (χ3n) is 3.87. The minimum atomic E-state index is -0.0387. The van der Waals surface area contributed by atoms with E-state index in [0.29, 0.717) is 17.1 Å². The van der Waals surface area contributed by atoms with E-state index in [2.05, 4.69) is 20.7 Å². The highest BCUT2D eigenvalue weighted by Crippen LogP contribution is 2.27. The van der Waals surface area contributed by atoms with E-state index in [-0.39, 0.29) is 17.6 Å². The summed E-state index contributed by atoms with van der Waals surface area (Å²) in [5.74, 6) is 0.312. The molecule has 0 aliphatic carbocycles. The largest absolute Gasteiger partial charge is 0.493 e. The highest BCUT2D eigenvalue weighted by molar-refractivity contribution is 5.96. The standard InChI is InChI=1S/C17H17N7O/c1-11(12-5-3-2-4-6-12)14-10-16(25)24(22-14)15-9-13(7-8-20-15)17(18)21-23-19/h2-11,25H,1H3,(H3,18,19,21). The first kappa shape index (κ1) is 16.3. The molecular formula is C17H17N7O. The van der Waals surface area contributed by atoms with Crippen molar-refractivity contribution in [3.63, 3.8) is 0 Å². The van der Waals surface area contributed by atoms with Crippen molar-refractivity contribution >= 4 is 5.84 Å². The normalized spacial score (nSPS) is 11.7. The van der Waals surface area contributed by atoms with Gasteiger partial charge >= 0.3 is 0 Å². The van der Waals surface area contributed by atoms with Crippen LogP contribution in [0.25, 0.3) is 5.82 Å². The lowest BCUT2D eigenvalue weighted by molar-refractivity contribution is 0.432. The Morgan fingerprint density at radius 1 is 1.24 bits per heavy atom. The molecule has 2 heterocycles. The van der Waals surface area contributed by atoms with Crippen molar-refractivity contribution in [2.75, 3.05) is 0 Å². The Bertz CT molecular complexity index is 904. The lowest BCUT2D eigenvalue weighted by atomic mass is 9.98. The average Bonchev–Trinajstić information content (AvgIpc) is 3.04. The van der Waals surface area contributed by atoms with Crippen molar-refractivity contribution in [2.45, 2.75) is 12.8 Å². The molecule has 3 rings (SSSR count). The van der Waals surface area contributed by atoms with Crippen LogP contribution in [0.2, 0.25) is 0 Å². The summed E-state index contributed by atoms with van der Waals surface area (Å²) in [4.78, 5) is 4.20. The van der Waals surface area contributed by atoms with Crippen molar-refractivity contribution in [2.24, 2.45) is 5.22 Å². The predicted molar refractivity (Wildman–Crippen MR) is 92.1 cm³/mol. The molecule has 0 fully saturated rings. The lowest BCUT2D eigenvalue weighted by Crippen LogP contribution is -2.17. The molecule has 0 radical (unpaired) electrons. The fourth-order valence-corrected chi connectivity index (χ4v) is 2.49. The Morgan fingerprint density at radius 2 is 2.00 bits per heavy atom. The number of nitrogens with zero attached hydrogens (tertiary/aromatic N) is 4. The molecule has 0 spiro atoms. The number of pyridine rings is 1. The fourth-order valence-electron chi connectivity index (χ4n) is 2.49. The second-order valence-corrected chi connectivity index (χ2v) is 5.47. The van der Waals surface area contributed by atoms with Gasteiger partial charge in [0.15, 0.2) is 5.82 Å². The first-order valence-corrected chi connectivity index (χ1v) is 7.62. The van der Waals surface area contributed by atoms with E-state index in [9.17, 15) is 5.11 Å². The van der Waals surface area contributed by atoms with Gasteiger partial charge in [0.05, 0.1) is 5.69 Å². The van der Waals surface area contributed by atoms with Gasteiger partial charge in [-0.3, -0.25) is 5.41 Å². The molecule has 8 nitrogen and oxygen atoms in total. The molecule has 3 aromatic rings. The quantitative estimate of drug-likeness (QED) is 0.248. The Morgan fingerprint density at radius 3 is 2.72 bits per heavy atom. The van der Waals surface area contributed by atoms with Gasteiger partial charge in [0.1, 0.15) is 5.84 Å². The van der Waals surface area contributed by atoms with Crippen LogP contribution in [0.15, 0.2) is 60.0 Å². The summed E-state index contributed by atoms with van der Waals surface area (Å²) in [7, 11) is 0. The van der Waals surface area contributed by atoms with E-state index in [0.717, 1.165) is 5.56 Å². The maximum absolute atomic E-state index is 10.3. The van der Waals surface area contributed by atoms with Crippen molar-refractivity contribution in [1.29, 1.82) is 10.9 Å². The lowest BCUT2D eigenvalue weighted by Gasteiger charge is -2.08. The first-order chi connectivity index (χ1) is 12.1. The van der Waals surface area contributed by atoms with E-state index in [4.69, 9.17) is 10.9 Å². The molecule has 0 amide bonds. The summed E-state index contributed by atoms with van der Waals surface area (Å²) < 4.78 is 1.32. The monoisotopic (exact) mass is 335 g/mol. The van der Waals surface area contributed by atoms with Crippen molar-refractivity contribution < 1.29 is 5.11 Å². The minimum absolute atomic E-state index is 0.0126. The molecule has 0 saturated carbocycles. The summed E-state index contributed by atoms with van der Waals surface area (Å²) in [6, 6.07) is 14.7. The zero-order valence-corrected chi connectivity index (χ0v) is 13.5. The van der Waals surface area contributed by atoms with Crippen LogP contribution in [0.3, 0.4) is 0 Å². The summed E-state index contributed by atoms with van der Waals surface area (Å²) in [6.45, 7) is 2.01. The maximum Gasteiger partial charge on any atom is 0.215 e. The predicted octanol–water partition coefficient (Wildman–Crippen LogP) is 2.99. The van der Waals surface area contributed by atoms with E-state index in [1.54, 1.807) is 18.2 Å². The molecule has 8 heteroatoms. The van der Waals surface area contributed by atoms with Gasteiger partial charge in [-0.1, -0.05) is 42.5 Å². The number of aromatic nitrogens is 3. The van der Waals surface area contributed by atoms with Crippen LogP contribution in [-0.2, 0) is 0 Å². The van der Waals surface area contributed by atoms with Crippen molar-refractivity contribution in [3.05, 3.63) is 71.5 Å². The maximum atomic E-state index is 10.3. The zero-order valence-electron chi connectivity index (χ0n) is 13.5. The van der Waals surface area contributed by atoms with Crippen LogP contribution in [0, 0.1) is 10.9 Å². The zero-order chi connectivity index (χ0) is 17.8. The smallest absolute Gasteiger partial charge is 0.215 e. The van der Waals surface area contributed by atoms with E-state index >= 15 is 0 Å². The minimum Gasteiger partial charge on any atom is -0.493 e. The summed E-state index contributed by atoms with van der Waals surface area (Å²) in [5.41, 5.74) is 11.3. The molecule has 0 aliphatic rings. The Kier molecular flexibility index (Phi) is 4.51. The number of rotatable bonds is 5. The van der Waals surface area contributed by atoms with Crippen LogP contribution in [-0.4, -0.2) is 25.7 Å². The molecule has 1 aromatic carbocycles. The van der Waals surface area contributed by atoms with Crippen LogP contribution in [0.4, 0.5) is 0 Å². The third kappa shape index (κ3) is 3.37. The Hall–Kier alpha value is -3.55. The van der Waals surface area contributed by atoms with E-state index in [1.807, 2.05) is 37.3 Å². The molecule has 2 aromatic heterocycles. The second-order valence-electron chi connectivity index (χ2n) is 5.47. The van der Waals surface area contributed by atoms with Crippen LogP contribution < -0.4 is 5.43 Å². The Balaban J connectivity index is 1.94. The van der Waals surface area contributed by atoms with Crippen LogP contribution in [0.1, 0.15) is 29.7 Å². The number of hydrogen-bond donors (Lipinski definition) is 4. The molecule has 0 aliphatic heterocycles. The highest BCUT2D eigenvalue weighted by atomic mass is 16.3. The van der Waals surface area contributed by atoms with Gasteiger partial charge in [-0.25, -0.2) is 10.4 Å². The van der Waals surface area contributed by atoms with Gasteiger partial charge in [-0.15, -0.1) is 0 Å². The van der Waals surface area contributed by atoms with Gasteiger partial charge in [-0.05, 0) is 17.7 Å². The number of aromatic hydroxyl groups is 1. The van der Waals surface area contributed by atoms with Gasteiger partial charge in [0, 0.05) is 23.7 Å². The number of hydrogen-bond acceptors (Lipinski definition) is 6. The first-order valence-electron chi connectivity index (χ1n) is 7.62. The topological polar surface area (TPSA) is 123 Å². The molecule has 25 heavy (non-hydrogen) atoms. The Labute approximate surface area is 144 Å². The number of nitrogens with one attached hydrogen (secondary N) is 3. The number of benzene rings is 1.